The number of hydrogen-bond donors (Lipinski definition) is 1. The molecule has 0 saturated carbocycles. The third-order valence-electron chi connectivity index (χ3n) is 4.89. The Hall–Kier alpha value is -2.71. The van der Waals surface area contributed by atoms with E-state index in [9.17, 15) is 13.2 Å². The molecule has 2 aromatic heterocycles. The summed E-state index contributed by atoms with van der Waals surface area (Å²) in [5, 5.41) is 4.24. The molecule has 146 valence electrons. The SMILES string of the molecule is O=c1ccc(-c2ccco2)nn1CCNS(=O)(=O)c1ccc2c(c1)CCCC2. The molecule has 0 aliphatic heterocycles. The standard InChI is InChI=1S/C20H21N3O4S/c24-20-10-9-18(19-6-3-13-27-19)22-23(20)12-11-21-28(25,26)17-8-7-15-4-1-2-5-16(15)14-17/h3,6-10,13-14,21H,1-2,4-5,11-12H2. The molecule has 1 aliphatic carbocycles. The highest BCUT2D eigenvalue weighted by atomic mass is 32.2. The lowest BCUT2D eigenvalue weighted by Crippen LogP contribution is -2.32. The van der Waals surface area contributed by atoms with Crippen LogP contribution < -0.4 is 10.3 Å². The fraction of sp³-hybridized carbons (Fsp3) is 0.300. The van der Waals surface area contributed by atoms with Gasteiger partial charge in [0.05, 0.1) is 17.7 Å². The minimum atomic E-state index is -3.64. The van der Waals surface area contributed by atoms with Gasteiger partial charge in [-0.3, -0.25) is 4.79 Å². The van der Waals surface area contributed by atoms with Crippen molar-refractivity contribution in [1.82, 2.24) is 14.5 Å². The Morgan fingerprint density at radius 1 is 1.07 bits per heavy atom. The molecule has 0 unspecified atom stereocenters. The van der Waals surface area contributed by atoms with Crippen LogP contribution in [0.1, 0.15) is 24.0 Å². The first kappa shape index (κ1) is 18.6. The van der Waals surface area contributed by atoms with Gasteiger partial charge < -0.3 is 4.42 Å². The predicted octanol–water partition coefficient (Wildman–Crippen LogP) is 2.36. The number of rotatable bonds is 6. The number of sulfonamides is 1. The second-order valence-corrected chi connectivity index (χ2v) is 8.56. The summed E-state index contributed by atoms with van der Waals surface area (Å²) >= 11 is 0. The highest BCUT2D eigenvalue weighted by Gasteiger charge is 2.17. The number of nitrogens with one attached hydrogen (secondary N) is 1. The zero-order chi connectivity index (χ0) is 19.6. The minimum absolute atomic E-state index is 0.0634. The summed E-state index contributed by atoms with van der Waals surface area (Å²) in [5.41, 5.74) is 2.55. The van der Waals surface area contributed by atoms with Gasteiger partial charge in [-0.2, -0.15) is 5.10 Å². The largest absolute Gasteiger partial charge is 0.463 e. The van der Waals surface area contributed by atoms with Crippen LogP contribution in [-0.2, 0) is 29.4 Å². The van der Waals surface area contributed by atoms with Crippen LogP contribution in [0.25, 0.3) is 11.5 Å². The fourth-order valence-corrected chi connectivity index (χ4v) is 4.48. The predicted molar refractivity (Wildman–Crippen MR) is 104 cm³/mol. The van der Waals surface area contributed by atoms with Crippen molar-refractivity contribution in [3.8, 4) is 11.5 Å². The smallest absolute Gasteiger partial charge is 0.266 e. The van der Waals surface area contributed by atoms with Crippen molar-refractivity contribution in [2.45, 2.75) is 37.1 Å². The molecular weight excluding hydrogens is 378 g/mol. The van der Waals surface area contributed by atoms with Crippen molar-refractivity contribution >= 4 is 10.0 Å². The van der Waals surface area contributed by atoms with Crippen molar-refractivity contribution in [2.75, 3.05) is 6.54 Å². The maximum atomic E-state index is 12.6. The minimum Gasteiger partial charge on any atom is -0.463 e. The normalized spacial score (nSPS) is 14.0. The van der Waals surface area contributed by atoms with Gasteiger partial charge in [-0.1, -0.05) is 6.07 Å². The average Bonchev–Trinajstić information content (AvgIpc) is 3.24. The van der Waals surface area contributed by atoms with E-state index in [1.165, 1.54) is 22.6 Å². The molecule has 28 heavy (non-hydrogen) atoms. The van der Waals surface area contributed by atoms with Crippen LogP contribution in [0.15, 0.2) is 62.8 Å². The third-order valence-corrected chi connectivity index (χ3v) is 6.34. The second-order valence-electron chi connectivity index (χ2n) is 6.79. The number of aryl methyl sites for hydroxylation is 2. The van der Waals surface area contributed by atoms with Gasteiger partial charge in [0.2, 0.25) is 10.0 Å². The lowest BCUT2D eigenvalue weighted by molar-refractivity contribution is 0.539. The summed E-state index contributed by atoms with van der Waals surface area (Å²) in [6.45, 7) is 0.186. The molecule has 2 heterocycles. The number of fused-ring (bicyclic) bond motifs is 1. The molecule has 7 nitrogen and oxygen atoms in total. The molecular formula is C20H21N3O4S. The van der Waals surface area contributed by atoms with Crippen LogP contribution in [0.5, 0.6) is 0 Å². The number of furan rings is 1. The lowest BCUT2D eigenvalue weighted by atomic mass is 9.92. The quantitative estimate of drug-likeness (QED) is 0.687. The molecule has 0 fully saturated rings. The Morgan fingerprint density at radius 2 is 1.89 bits per heavy atom. The molecule has 0 saturated heterocycles. The van der Waals surface area contributed by atoms with E-state index in [-0.39, 0.29) is 23.5 Å². The molecule has 1 aromatic carbocycles. The van der Waals surface area contributed by atoms with Gasteiger partial charge in [0.25, 0.3) is 5.56 Å². The average molecular weight is 399 g/mol. The van der Waals surface area contributed by atoms with E-state index in [1.807, 2.05) is 6.07 Å². The molecule has 1 N–H and O–H groups in total. The molecule has 8 heteroatoms. The molecule has 0 atom stereocenters. The van der Waals surface area contributed by atoms with E-state index in [0.717, 1.165) is 31.2 Å². The Labute approximate surface area is 163 Å². The van der Waals surface area contributed by atoms with Crippen LogP contribution in [0.2, 0.25) is 0 Å². The molecule has 0 radical (unpaired) electrons. The number of hydrogen-bond acceptors (Lipinski definition) is 5. The lowest BCUT2D eigenvalue weighted by Gasteiger charge is -2.16. The fourth-order valence-electron chi connectivity index (χ4n) is 3.41. The summed E-state index contributed by atoms with van der Waals surface area (Å²) < 4.78 is 34.3. The van der Waals surface area contributed by atoms with Gasteiger partial charge in [-0.25, -0.2) is 17.8 Å². The summed E-state index contributed by atoms with van der Waals surface area (Å²) in [7, 11) is -3.64. The zero-order valence-corrected chi connectivity index (χ0v) is 16.1. The first-order valence-corrected chi connectivity index (χ1v) is 10.7. The van der Waals surface area contributed by atoms with Crippen molar-refractivity contribution in [1.29, 1.82) is 0 Å². The monoisotopic (exact) mass is 399 g/mol. The Balaban J connectivity index is 1.46. The van der Waals surface area contributed by atoms with Crippen molar-refractivity contribution in [3.05, 3.63) is 70.2 Å². The summed E-state index contributed by atoms with van der Waals surface area (Å²) in [5.74, 6) is 0.545. The molecule has 3 aromatic rings. The maximum absolute atomic E-state index is 12.6. The number of nitrogens with zero attached hydrogens (tertiary/aromatic N) is 2. The maximum Gasteiger partial charge on any atom is 0.266 e. The number of aromatic nitrogens is 2. The number of benzene rings is 1. The van der Waals surface area contributed by atoms with E-state index in [1.54, 1.807) is 30.3 Å². The van der Waals surface area contributed by atoms with Gasteiger partial charge in [0.1, 0.15) is 5.69 Å². The summed E-state index contributed by atoms with van der Waals surface area (Å²) in [4.78, 5) is 12.3. The summed E-state index contributed by atoms with van der Waals surface area (Å²) in [6.07, 6.45) is 5.68. The van der Waals surface area contributed by atoms with E-state index in [4.69, 9.17) is 4.42 Å². The molecule has 1 aliphatic rings. The van der Waals surface area contributed by atoms with E-state index < -0.39 is 10.0 Å². The van der Waals surface area contributed by atoms with Crippen LogP contribution >= 0.6 is 0 Å². The second kappa shape index (κ2) is 7.73. The first-order valence-electron chi connectivity index (χ1n) is 9.26. The van der Waals surface area contributed by atoms with Crippen LogP contribution in [0, 0.1) is 0 Å². The third kappa shape index (κ3) is 3.93. The summed E-state index contributed by atoms with van der Waals surface area (Å²) in [6, 6.07) is 11.8. The van der Waals surface area contributed by atoms with Gasteiger partial charge in [-0.05, 0) is 67.1 Å². The first-order chi connectivity index (χ1) is 13.5. The highest BCUT2D eigenvalue weighted by molar-refractivity contribution is 7.89. The van der Waals surface area contributed by atoms with Gasteiger partial charge in [0, 0.05) is 12.6 Å². The van der Waals surface area contributed by atoms with E-state index >= 15 is 0 Å². The van der Waals surface area contributed by atoms with Crippen LogP contribution in [-0.4, -0.2) is 24.7 Å². The van der Waals surface area contributed by atoms with E-state index in [2.05, 4.69) is 9.82 Å². The molecule has 0 amide bonds. The molecule has 0 spiro atoms. The van der Waals surface area contributed by atoms with Crippen molar-refractivity contribution < 1.29 is 12.8 Å². The topological polar surface area (TPSA) is 94.2 Å². The van der Waals surface area contributed by atoms with Crippen molar-refractivity contribution in [2.24, 2.45) is 0 Å². The van der Waals surface area contributed by atoms with E-state index in [0.29, 0.717) is 11.5 Å². The highest BCUT2D eigenvalue weighted by Crippen LogP contribution is 2.24. The Morgan fingerprint density at radius 3 is 2.68 bits per heavy atom. The van der Waals surface area contributed by atoms with Gasteiger partial charge in [-0.15, -0.1) is 0 Å². The Bertz CT molecular complexity index is 1130. The van der Waals surface area contributed by atoms with Gasteiger partial charge >= 0.3 is 0 Å². The molecule has 4 rings (SSSR count). The zero-order valence-electron chi connectivity index (χ0n) is 15.3. The van der Waals surface area contributed by atoms with Crippen LogP contribution in [0.4, 0.5) is 0 Å². The Kier molecular flexibility index (Phi) is 5.15. The van der Waals surface area contributed by atoms with Crippen LogP contribution in [0.3, 0.4) is 0 Å². The van der Waals surface area contributed by atoms with Crippen molar-refractivity contribution in [3.63, 3.8) is 0 Å². The molecule has 0 bridgehead atoms. The van der Waals surface area contributed by atoms with Gasteiger partial charge in [0.15, 0.2) is 5.76 Å².